The van der Waals surface area contributed by atoms with Gasteiger partial charge in [0.25, 0.3) is 0 Å². The van der Waals surface area contributed by atoms with Crippen LogP contribution < -0.4 is 5.32 Å². The Morgan fingerprint density at radius 3 is 2.50 bits per heavy atom. The van der Waals surface area contributed by atoms with E-state index in [0.717, 1.165) is 12.8 Å². The second kappa shape index (κ2) is 5.32. The summed E-state index contributed by atoms with van der Waals surface area (Å²) in [5.74, 6) is 0.179. The third-order valence-electron chi connectivity index (χ3n) is 3.11. The van der Waals surface area contributed by atoms with Crippen molar-refractivity contribution in [2.45, 2.75) is 52.6 Å². The van der Waals surface area contributed by atoms with Gasteiger partial charge in [-0.25, -0.2) is 0 Å². The molecule has 1 aliphatic heterocycles. The van der Waals surface area contributed by atoms with Gasteiger partial charge >= 0.3 is 0 Å². The summed E-state index contributed by atoms with van der Waals surface area (Å²) in [7, 11) is 0. The fraction of sp³-hybridized carbons (Fsp3) is 0.833. The minimum absolute atomic E-state index is 0.0330. The standard InChI is InChI=1S/C12H22N2O2/c1-5-6-7-14-9(4)11(15)13-10(8(2)3)12(14)16/h8-10H,5-7H2,1-4H3,(H,13,15). The number of rotatable bonds is 4. The molecule has 0 spiro atoms. The molecular formula is C12H22N2O2. The van der Waals surface area contributed by atoms with Crippen molar-refractivity contribution in [3.63, 3.8) is 0 Å². The number of unbranched alkanes of at least 4 members (excludes halogenated alkanes) is 1. The number of piperazine rings is 1. The molecule has 0 aromatic rings. The van der Waals surface area contributed by atoms with Crippen LogP contribution in [0.5, 0.6) is 0 Å². The third kappa shape index (κ3) is 2.54. The van der Waals surface area contributed by atoms with Crippen LogP contribution in [0.1, 0.15) is 40.5 Å². The molecule has 2 unspecified atom stereocenters. The van der Waals surface area contributed by atoms with E-state index in [1.54, 1.807) is 11.8 Å². The predicted molar refractivity (Wildman–Crippen MR) is 62.9 cm³/mol. The van der Waals surface area contributed by atoms with E-state index in [-0.39, 0.29) is 29.8 Å². The number of amides is 2. The quantitative estimate of drug-likeness (QED) is 0.782. The zero-order chi connectivity index (χ0) is 12.3. The molecule has 1 rings (SSSR count). The Bertz CT molecular complexity index is 276. The van der Waals surface area contributed by atoms with Crippen molar-refractivity contribution in [3.05, 3.63) is 0 Å². The molecule has 0 bridgehead atoms. The summed E-state index contributed by atoms with van der Waals surface area (Å²) >= 11 is 0. The van der Waals surface area contributed by atoms with E-state index in [2.05, 4.69) is 12.2 Å². The van der Waals surface area contributed by atoms with Crippen LogP contribution in [0.15, 0.2) is 0 Å². The smallest absolute Gasteiger partial charge is 0.246 e. The van der Waals surface area contributed by atoms with Crippen LogP contribution in [0.3, 0.4) is 0 Å². The van der Waals surface area contributed by atoms with E-state index >= 15 is 0 Å². The molecule has 1 fully saturated rings. The predicted octanol–water partition coefficient (Wildman–Crippen LogP) is 1.16. The van der Waals surface area contributed by atoms with E-state index in [1.165, 1.54) is 0 Å². The first kappa shape index (κ1) is 13.0. The molecule has 2 atom stereocenters. The molecule has 0 radical (unpaired) electrons. The van der Waals surface area contributed by atoms with Crippen LogP contribution in [0.2, 0.25) is 0 Å². The van der Waals surface area contributed by atoms with Crippen LogP contribution in [-0.2, 0) is 9.59 Å². The largest absolute Gasteiger partial charge is 0.342 e. The highest BCUT2D eigenvalue weighted by Gasteiger charge is 2.38. The molecule has 92 valence electrons. The summed E-state index contributed by atoms with van der Waals surface area (Å²) in [6.45, 7) is 8.47. The van der Waals surface area contributed by atoms with Crippen LogP contribution in [0, 0.1) is 5.92 Å². The summed E-state index contributed by atoms with van der Waals surface area (Å²) in [4.78, 5) is 25.6. The first-order valence-corrected chi connectivity index (χ1v) is 6.09. The molecule has 0 aliphatic carbocycles. The highest BCUT2D eigenvalue weighted by atomic mass is 16.2. The number of nitrogens with zero attached hydrogens (tertiary/aromatic N) is 1. The number of nitrogens with one attached hydrogen (secondary N) is 1. The second-order valence-corrected chi connectivity index (χ2v) is 4.79. The normalized spacial score (nSPS) is 26.2. The molecule has 4 nitrogen and oxygen atoms in total. The molecule has 2 amide bonds. The Morgan fingerprint density at radius 2 is 2.00 bits per heavy atom. The molecule has 1 aliphatic rings. The van der Waals surface area contributed by atoms with Crippen molar-refractivity contribution in [2.24, 2.45) is 5.92 Å². The average molecular weight is 226 g/mol. The molecule has 1 heterocycles. The number of hydrogen-bond acceptors (Lipinski definition) is 2. The number of carbonyl (C=O) groups is 2. The van der Waals surface area contributed by atoms with Gasteiger partial charge in [0, 0.05) is 6.54 Å². The fourth-order valence-electron chi connectivity index (χ4n) is 1.93. The van der Waals surface area contributed by atoms with E-state index < -0.39 is 0 Å². The van der Waals surface area contributed by atoms with E-state index in [4.69, 9.17) is 0 Å². The van der Waals surface area contributed by atoms with Gasteiger partial charge in [0.2, 0.25) is 11.8 Å². The molecule has 0 aromatic carbocycles. The number of carbonyl (C=O) groups excluding carboxylic acids is 2. The molecule has 0 saturated carbocycles. The van der Waals surface area contributed by atoms with E-state index in [9.17, 15) is 9.59 Å². The summed E-state index contributed by atoms with van der Waals surface area (Å²) < 4.78 is 0. The zero-order valence-electron chi connectivity index (χ0n) is 10.6. The van der Waals surface area contributed by atoms with Crippen molar-refractivity contribution in [3.8, 4) is 0 Å². The van der Waals surface area contributed by atoms with Crippen LogP contribution >= 0.6 is 0 Å². The summed E-state index contributed by atoms with van der Waals surface area (Å²) in [5, 5.41) is 2.79. The van der Waals surface area contributed by atoms with Crippen molar-refractivity contribution in [1.29, 1.82) is 0 Å². The Labute approximate surface area is 97.4 Å². The Hall–Kier alpha value is -1.06. The molecule has 1 saturated heterocycles. The van der Waals surface area contributed by atoms with Gasteiger partial charge < -0.3 is 10.2 Å². The van der Waals surface area contributed by atoms with Gasteiger partial charge in [-0.1, -0.05) is 27.2 Å². The summed E-state index contributed by atoms with van der Waals surface area (Å²) in [6, 6.07) is -0.672. The van der Waals surface area contributed by atoms with Crippen molar-refractivity contribution in [1.82, 2.24) is 10.2 Å². The average Bonchev–Trinajstić information content (AvgIpc) is 2.23. The van der Waals surface area contributed by atoms with Crippen LogP contribution in [0.25, 0.3) is 0 Å². The lowest BCUT2D eigenvalue weighted by Gasteiger charge is -2.38. The lowest BCUT2D eigenvalue weighted by molar-refractivity contribution is -0.149. The first-order valence-electron chi connectivity index (χ1n) is 6.09. The minimum atomic E-state index is -0.347. The van der Waals surface area contributed by atoms with Gasteiger partial charge in [-0.2, -0.15) is 0 Å². The monoisotopic (exact) mass is 226 g/mol. The van der Waals surface area contributed by atoms with Gasteiger partial charge in [0.1, 0.15) is 12.1 Å². The maximum absolute atomic E-state index is 12.1. The molecule has 4 heteroatoms. The fourth-order valence-corrected chi connectivity index (χ4v) is 1.93. The highest BCUT2D eigenvalue weighted by molar-refractivity contribution is 5.96. The molecular weight excluding hydrogens is 204 g/mol. The SMILES string of the molecule is CCCCN1C(=O)C(C(C)C)NC(=O)C1C. The molecule has 1 N–H and O–H groups in total. The first-order chi connectivity index (χ1) is 7.49. The number of hydrogen-bond donors (Lipinski definition) is 1. The molecule has 0 aromatic heterocycles. The van der Waals surface area contributed by atoms with Crippen LogP contribution in [0.4, 0.5) is 0 Å². The van der Waals surface area contributed by atoms with Crippen molar-refractivity contribution >= 4 is 11.8 Å². The lowest BCUT2D eigenvalue weighted by atomic mass is 9.98. The Balaban J connectivity index is 2.78. The van der Waals surface area contributed by atoms with Crippen LogP contribution in [-0.4, -0.2) is 35.3 Å². The topological polar surface area (TPSA) is 49.4 Å². The highest BCUT2D eigenvalue weighted by Crippen LogP contribution is 2.15. The minimum Gasteiger partial charge on any atom is -0.342 e. The Kier molecular flexibility index (Phi) is 4.33. The summed E-state index contributed by atoms with van der Waals surface area (Å²) in [6.07, 6.45) is 1.98. The van der Waals surface area contributed by atoms with Gasteiger partial charge in [-0.15, -0.1) is 0 Å². The maximum Gasteiger partial charge on any atom is 0.246 e. The molecule has 16 heavy (non-hydrogen) atoms. The van der Waals surface area contributed by atoms with Gasteiger partial charge in [0.05, 0.1) is 0 Å². The van der Waals surface area contributed by atoms with E-state index in [1.807, 2.05) is 13.8 Å². The van der Waals surface area contributed by atoms with Crippen molar-refractivity contribution < 1.29 is 9.59 Å². The van der Waals surface area contributed by atoms with E-state index in [0.29, 0.717) is 6.54 Å². The van der Waals surface area contributed by atoms with Gasteiger partial charge in [0.15, 0.2) is 0 Å². The lowest BCUT2D eigenvalue weighted by Crippen LogP contribution is -2.63. The Morgan fingerprint density at radius 1 is 1.38 bits per heavy atom. The second-order valence-electron chi connectivity index (χ2n) is 4.79. The third-order valence-corrected chi connectivity index (χ3v) is 3.11. The zero-order valence-corrected chi connectivity index (χ0v) is 10.6. The summed E-state index contributed by atoms with van der Waals surface area (Å²) in [5.41, 5.74) is 0. The van der Waals surface area contributed by atoms with Gasteiger partial charge in [-0.3, -0.25) is 9.59 Å². The van der Waals surface area contributed by atoms with Crippen molar-refractivity contribution in [2.75, 3.05) is 6.54 Å². The maximum atomic E-state index is 12.1. The van der Waals surface area contributed by atoms with Gasteiger partial charge in [-0.05, 0) is 19.3 Å².